The van der Waals surface area contributed by atoms with E-state index in [2.05, 4.69) is 31.9 Å². The Morgan fingerprint density at radius 2 is 2.00 bits per heavy atom. The number of hydrogen-bond donors (Lipinski definition) is 5. The number of carbonyl (C=O) groups excluding carboxylic acids is 1. The molecule has 0 saturated carbocycles. The fourth-order valence-corrected chi connectivity index (χ4v) is 2.64. The number of carboxylic acids is 1. The van der Waals surface area contributed by atoms with E-state index in [0.717, 1.165) is 17.9 Å². The topological polar surface area (TPSA) is 116 Å². The number of aliphatic hydroxyl groups is 1. The van der Waals surface area contributed by atoms with Crippen molar-refractivity contribution in [3.8, 4) is 0 Å². The van der Waals surface area contributed by atoms with E-state index >= 15 is 0 Å². The Balaban J connectivity index is 5.35. The molecule has 0 aromatic heterocycles. The standard InChI is InChI=1S/C18H35N3O4S/c1-4-14(3)8-6-7-9-16(23)21(20-12-15(19)13-26)18(5-2,10-11-22)17(24)25/h6-7,14-15,20,22,26H,4-5,8-13,19H2,1-3H3,(H,24,25)/b7-6+/t14-,15?,18+/m0/s1. The van der Waals surface area contributed by atoms with Gasteiger partial charge in [-0.15, -0.1) is 0 Å². The van der Waals surface area contributed by atoms with Gasteiger partial charge >= 0.3 is 5.97 Å². The summed E-state index contributed by atoms with van der Waals surface area (Å²) in [6.07, 6.45) is 5.82. The van der Waals surface area contributed by atoms with Gasteiger partial charge < -0.3 is 15.9 Å². The van der Waals surface area contributed by atoms with Gasteiger partial charge in [0.2, 0.25) is 5.91 Å². The Morgan fingerprint density at radius 1 is 1.35 bits per heavy atom. The molecule has 8 heteroatoms. The first-order valence-corrected chi connectivity index (χ1v) is 9.84. The lowest BCUT2D eigenvalue weighted by atomic mass is 9.91. The van der Waals surface area contributed by atoms with Crippen LogP contribution in [0.1, 0.15) is 52.9 Å². The SMILES string of the molecule is CC[C@H](C)C/C=C/CC(=O)N(NCC(N)CS)[C@](CC)(CCO)C(=O)O. The molecule has 0 aliphatic rings. The third-order valence-electron chi connectivity index (χ3n) is 4.63. The van der Waals surface area contributed by atoms with E-state index in [4.69, 9.17) is 5.73 Å². The van der Waals surface area contributed by atoms with E-state index in [1.165, 1.54) is 0 Å². The number of thiol groups is 1. The fraction of sp³-hybridized carbons (Fsp3) is 0.778. The number of nitrogens with one attached hydrogen (secondary N) is 1. The van der Waals surface area contributed by atoms with E-state index in [-0.39, 0.29) is 44.4 Å². The summed E-state index contributed by atoms with van der Waals surface area (Å²) in [5, 5.41) is 20.3. The van der Waals surface area contributed by atoms with E-state index in [1.807, 2.05) is 6.08 Å². The smallest absolute Gasteiger partial charge is 0.331 e. The van der Waals surface area contributed by atoms with Crippen LogP contribution in [0.4, 0.5) is 0 Å². The summed E-state index contributed by atoms with van der Waals surface area (Å²) >= 11 is 4.11. The van der Waals surface area contributed by atoms with Crippen molar-refractivity contribution in [2.24, 2.45) is 11.7 Å². The molecule has 0 fully saturated rings. The van der Waals surface area contributed by atoms with Crippen LogP contribution in [0, 0.1) is 5.92 Å². The van der Waals surface area contributed by atoms with Crippen molar-refractivity contribution in [3.63, 3.8) is 0 Å². The molecule has 152 valence electrons. The van der Waals surface area contributed by atoms with Crippen molar-refractivity contribution in [2.75, 3.05) is 18.9 Å². The number of hydrazine groups is 1. The number of rotatable bonds is 14. The van der Waals surface area contributed by atoms with Crippen LogP contribution >= 0.6 is 12.6 Å². The Kier molecular flexibility index (Phi) is 12.6. The molecule has 0 spiro atoms. The predicted molar refractivity (Wildman–Crippen MR) is 107 cm³/mol. The van der Waals surface area contributed by atoms with Crippen LogP contribution in [-0.2, 0) is 9.59 Å². The van der Waals surface area contributed by atoms with Crippen molar-refractivity contribution < 1.29 is 19.8 Å². The molecule has 0 saturated heterocycles. The summed E-state index contributed by atoms with van der Waals surface area (Å²) in [5.74, 6) is -0.588. The Morgan fingerprint density at radius 3 is 2.46 bits per heavy atom. The number of carbonyl (C=O) groups is 2. The predicted octanol–water partition coefficient (Wildman–Crippen LogP) is 1.58. The van der Waals surface area contributed by atoms with Crippen LogP contribution in [0.2, 0.25) is 0 Å². The second-order valence-electron chi connectivity index (χ2n) is 6.62. The molecule has 0 rings (SSSR count). The average molecular weight is 390 g/mol. The van der Waals surface area contributed by atoms with Gasteiger partial charge in [-0.1, -0.05) is 39.3 Å². The second kappa shape index (κ2) is 13.1. The highest BCUT2D eigenvalue weighted by atomic mass is 32.1. The van der Waals surface area contributed by atoms with Crippen molar-refractivity contribution in [1.82, 2.24) is 10.4 Å². The Hall–Kier alpha value is -1.09. The zero-order valence-corrected chi connectivity index (χ0v) is 17.0. The van der Waals surface area contributed by atoms with E-state index in [1.54, 1.807) is 13.0 Å². The third kappa shape index (κ3) is 7.65. The molecule has 26 heavy (non-hydrogen) atoms. The maximum Gasteiger partial charge on any atom is 0.331 e. The molecule has 0 heterocycles. The van der Waals surface area contributed by atoms with Crippen molar-refractivity contribution in [2.45, 2.75) is 64.5 Å². The fourth-order valence-electron chi connectivity index (χ4n) is 2.51. The summed E-state index contributed by atoms with van der Waals surface area (Å²) in [6, 6.07) is -0.327. The molecule has 5 N–H and O–H groups in total. The van der Waals surface area contributed by atoms with Crippen LogP contribution in [0.5, 0.6) is 0 Å². The third-order valence-corrected chi connectivity index (χ3v) is 5.10. The highest BCUT2D eigenvalue weighted by molar-refractivity contribution is 7.80. The van der Waals surface area contributed by atoms with Crippen LogP contribution in [0.15, 0.2) is 12.2 Å². The first kappa shape index (κ1) is 24.9. The quantitative estimate of drug-likeness (QED) is 0.175. The second-order valence-corrected chi connectivity index (χ2v) is 6.99. The van der Waals surface area contributed by atoms with Gasteiger partial charge in [0, 0.05) is 37.8 Å². The minimum Gasteiger partial charge on any atom is -0.479 e. The van der Waals surface area contributed by atoms with Crippen LogP contribution in [-0.4, -0.2) is 57.6 Å². The lowest BCUT2D eigenvalue weighted by Crippen LogP contribution is -2.64. The van der Waals surface area contributed by atoms with Crippen LogP contribution in [0.25, 0.3) is 0 Å². The normalized spacial score (nSPS) is 16.2. The van der Waals surface area contributed by atoms with Crippen LogP contribution in [0.3, 0.4) is 0 Å². The molecule has 1 unspecified atom stereocenters. The van der Waals surface area contributed by atoms with E-state index in [0.29, 0.717) is 11.7 Å². The van der Waals surface area contributed by atoms with Gasteiger partial charge in [0.25, 0.3) is 0 Å². The first-order valence-electron chi connectivity index (χ1n) is 9.21. The molecule has 0 bridgehead atoms. The maximum atomic E-state index is 12.8. The summed E-state index contributed by atoms with van der Waals surface area (Å²) in [5.41, 5.74) is 7.19. The zero-order valence-electron chi connectivity index (χ0n) is 16.1. The van der Waals surface area contributed by atoms with Crippen molar-refractivity contribution in [3.05, 3.63) is 12.2 Å². The van der Waals surface area contributed by atoms with Gasteiger partial charge in [0.1, 0.15) is 0 Å². The largest absolute Gasteiger partial charge is 0.479 e. The molecule has 0 radical (unpaired) electrons. The number of allylic oxidation sites excluding steroid dienone is 1. The minimum atomic E-state index is -1.52. The highest BCUT2D eigenvalue weighted by Gasteiger charge is 2.45. The Labute approximate surface area is 162 Å². The molecule has 7 nitrogen and oxygen atoms in total. The van der Waals surface area contributed by atoms with Gasteiger partial charge in [0.15, 0.2) is 5.54 Å². The molecular weight excluding hydrogens is 354 g/mol. The molecule has 0 aliphatic heterocycles. The number of nitrogens with two attached hydrogens (primary N) is 1. The lowest BCUT2D eigenvalue weighted by molar-refractivity contribution is -0.165. The van der Waals surface area contributed by atoms with Crippen LogP contribution < -0.4 is 11.2 Å². The number of aliphatic carboxylic acids is 1. The number of amides is 1. The molecular formula is C18H35N3O4S. The minimum absolute atomic E-state index is 0.0652. The monoisotopic (exact) mass is 389 g/mol. The van der Waals surface area contributed by atoms with Gasteiger partial charge in [-0.05, 0) is 18.8 Å². The Bertz CT molecular complexity index is 462. The molecule has 0 aliphatic carbocycles. The van der Waals surface area contributed by atoms with Crippen molar-refractivity contribution >= 4 is 24.5 Å². The molecule has 1 amide bonds. The van der Waals surface area contributed by atoms with E-state index in [9.17, 15) is 19.8 Å². The maximum absolute atomic E-state index is 12.8. The number of hydrogen-bond acceptors (Lipinski definition) is 6. The van der Waals surface area contributed by atoms with Gasteiger partial charge in [-0.2, -0.15) is 12.6 Å². The molecule has 0 aromatic carbocycles. The summed E-state index contributed by atoms with van der Waals surface area (Å²) in [7, 11) is 0. The summed E-state index contributed by atoms with van der Waals surface area (Å²) in [4.78, 5) is 24.7. The van der Waals surface area contributed by atoms with Gasteiger partial charge in [-0.3, -0.25) is 9.80 Å². The number of nitrogens with zero attached hydrogens (tertiary/aromatic N) is 1. The first-order chi connectivity index (χ1) is 12.3. The molecule has 0 aromatic rings. The number of aliphatic hydroxyl groups excluding tert-OH is 1. The highest BCUT2D eigenvalue weighted by Crippen LogP contribution is 2.24. The van der Waals surface area contributed by atoms with Gasteiger partial charge in [-0.25, -0.2) is 10.2 Å². The zero-order chi connectivity index (χ0) is 20.2. The molecule has 3 atom stereocenters. The summed E-state index contributed by atoms with van der Waals surface area (Å²) in [6.45, 7) is 5.80. The average Bonchev–Trinajstić information content (AvgIpc) is 2.63. The number of carboxylic acid groups (broad SMARTS) is 1. The van der Waals surface area contributed by atoms with E-state index < -0.39 is 11.5 Å². The van der Waals surface area contributed by atoms with Gasteiger partial charge in [0.05, 0.1) is 0 Å². The van der Waals surface area contributed by atoms with Crippen molar-refractivity contribution in [1.29, 1.82) is 0 Å². The lowest BCUT2D eigenvalue weighted by Gasteiger charge is -2.40. The summed E-state index contributed by atoms with van der Waals surface area (Å²) < 4.78 is 0.